The average Bonchev–Trinajstić information content (AvgIpc) is 3.50. The lowest BCUT2D eigenvalue weighted by molar-refractivity contribution is 0.0779. The van der Waals surface area contributed by atoms with Crippen molar-refractivity contribution in [3.8, 4) is 28.5 Å². The summed E-state index contributed by atoms with van der Waals surface area (Å²) < 4.78 is 24.3. The van der Waals surface area contributed by atoms with Crippen molar-refractivity contribution in [3.63, 3.8) is 0 Å². The highest BCUT2D eigenvalue weighted by Crippen LogP contribution is 2.35. The Morgan fingerprint density at radius 2 is 1.80 bits per heavy atom. The molecule has 1 atom stereocenters. The van der Waals surface area contributed by atoms with Crippen molar-refractivity contribution in [1.82, 2.24) is 24.7 Å². The van der Waals surface area contributed by atoms with Gasteiger partial charge >= 0.3 is 0 Å². The molecule has 4 heterocycles. The van der Waals surface area contributed by atoms with E-state index in [2.05, 4.69) is 20.0 Å². The Kier molecular flexibility index (Phi) is 9.30. The Balaban J connectivity index is 1.29. The Morgan fingerprint density at radius 1 is 0.978 bits per heavy atom. The zero-order valence-electron chi connectivity index (χ0n) is 26.5. The first-order chi connectivity index (χ1) is 22.5. The molecule has 0 spiro atoms. The van der Waals surface area contributed by atoms with E-state index in [4.69, 9.17) is 28.9 Å². The number of pyridine rings is 1. The van der Waals surface area contributed by atoms with Crippen LogP contribution >= 0.6 is 0 Å². The van der Waals surface area contributed by atoms with Crippen LogP contribution in [-0.2, 0) is 17.8 Å². The highest BCUT2D eigenvalue weighted by atomic mass is 16.5. The number of rotatable bonds is 11. The van der Waals surface area contributed by atoms with E-state index in [9.17, 15) is 4.79 Å². The number of aryl methyl sites for hydroxylation is 1. The molecule has 1 unspecified atom stereocenters. The SMILES string of the molecule is COc1ccc(CNc2nccn3c(C4CCCOC4)nc(-c4ccc(CNC(=O)c5nc(C)ccc5OC)cc4)c23)c(OC)c1. The second-order valence-corrected chi connectivity index (χ2v) is 11.1. The van der Waals surface area contributed by atoms with E-state index in [0.717, 1.165) is 70.4 Å². The predicted octanol–water partition coefficient (Wildman–Crippen LogP) is 5.56. The van der Waals surface area contributed by atoms with Gasteiger partial charge in [0.15, 0.2) is 11.5 Å². The van der Waals surface area contributed by atoms with Crippen LogP contribution in [0.3, 0.4) is 0 Å². The van der Waals surface area contributed by atoms with Gasteiger partial charge in [0.25, 0.3) is 5.91 Å². The van der Waals surface area contributed by atoms with Crippen molar-refractivity contribution in [2.24, 2.45) is 0 Å². The van der Waals surface area contributed by atoms with Crippen LogP contribution in [0, 0.1) is 6.92 Å². The van der Waals surface area contributed by atoms with E-state index in [1.165, 1.54) is 7.11 Å². The van der Waals surface area contributed by atoms with Crippen molar-refractivity contribution in [2.75, 3.05) is 39.9 Å². The van der Waals surface area contributed by atoms with E-state index in [-0.39, 0.29) is 17.5 Å². The third-order valence-electron chi connectivity index (χ3n) is 8.16. The summed E-state index contributed by atoms with van der Waals surface area (Å²) >= 11 is 0. The molecule has 6 rings (SSSR count). The number of aromatic nitrogens is 4. The van der Waals surface area contributed by atoms with Crippen molar-refractivity contribution in [3.05, 3.63) is 95.3 Å². The number of anilines is 1. The molecule has 0 aliphatic carbocycles. The van der Waals surface area contributed by atoms with Gasteiger partial charge in [0.2, 0.25) is 0 Å². The lowest BCUT2D eigenvalue weighted by atomic mass is 10.0. The van der Waals surface area contributed by atoms with Gasteiger partial charge in [-0.1, -0.05) is 24.3 Å². The molecule has 0 radical (unpaired) electrons. The molecule has 2 N–H and O–H groups in total. The number of imidazole rings is 1. The molecule has 1 saturated heterocycles. The number of amides is 1. The average molecular weight is 623 g/mol. The molecular weight excluding hydrogens is 584 g/mol. The molecule has 1 fully saturated rings. The first-order valence-electron chi connectivity index (χ1n) is 15.3. The second-order valence-electron chi connectivity index (χ2n) is 11.1. The van der Waals surface area contributed by atoms with Crippen LogP contribution in [-0.4, -0.2) is 59.8 Å². The topological polar surface area (TPSA) is 121 Å². The maximum absolute atomic E-state index is 12.9. The molecule has 2 aromatic carbocycles. The Labute approximate surface area is 267 Å². The summed E-state index contributed by atoms with van der Waals surface area (Å²) in [5.41, 5.74) is 5.57. The van der Waals surface area contributed by atoms with Crippen LogP contribution in [0.5, 0.6) is 17.2 Å². The van der Waals surface area contributed by atoms with E-state index >= 15 is 0 Å². The normalized spacial score (nSPS) is 14.6. The minimum atomic E-state index is -0.292. The fourth-order valence-corrected chi connectivity index (χ4v) is 5.72. The highest BCUT2D eigenvalue weighted by Gasteiger charge is 2.25. The first-order valence-corrected chi connectivity index (χ1v) is 15.3. The number of methoxy groups -OCH3 is 3. The number of nitrogens with one attached hydrogen (secondary N) is 2. The molecular formula is C35H38N6O5. The fraction of sp³-hybridized carbons (Fsp3) is 0.314. The number of carbonyl (C=O) groups is 1. The van der Waals surface area contributed by atoms with E-state index in [1.807, 2.05) is 61.7 Å². The standard InChI is InChI=1S/C35H38N6O5/c1-22-7-14-28(44-3)31(39-22)35(42)38-19-23-8-10-24(11-9-23)30-32-33(37-20-25-12-13-27(43-2)18-29(25)45-4)36-15-16-41(32)34(40-30)26-6-5-17-46-21-26/h7-16,18,26H,5-6,17,19-21H2,1-4H3,(H,36,37)(H,38,42). The van der Waals surface area contributed by atoms with Gasteiger partial charge in [-0.25, -0.2) is 15.0 Å². The summed E-state index contributed by atoms with van der Waals surface area (Å²) in [5.74, 6) is 3.44. The van der Waals surface area contributed by atoms with Crippen molar-refractivity contribution in [2.45, 2.75) is 38.8 Å². The molecule has 1 amide bonds. The lowest BCUT2D eigenvalue weighted by Gasteiger charge is -2.21. The van der Waals surface area contributed by atoms with Crippen LogP contribution in [0.25, 0.3) is 16.8 Å². The third kappa shape index (κ3) is 6.45. The van der Waals surface area contributed by atoms with Crippen LogP contribution < -0.4 is 24.8 Å². The van der Waals surface area contributed by atoms with Crippen LogP contribution in [0.1, 0.15) is 51.9 Å². The summed E-state index contributed by atoms with van der Waals surface area (Å²) in [6, 6.07) is 17.4. The van der Waals surface area contributed by atoms with E-state index in [1.54, 1.807) is 26.5 Å². The van der Waals surface area contributed by atoms with Gasteiger partial charge in [-0.15, -0.1) is 0 Å². The molecule has 1 aliphatic rings. The first kappa shape index (κ1) is 30.8. The zero-order valence-corrected chi connectivity index (χ0v) is 26.5. The van der Waals surface area contributed by atoms with Gasteiger partial charge in [-0.2, -0.15) is 0 Å². The van der Waals surface area contributed by atoms with Crippen LogP contribution in [0.15, 0.2) is 67.0 Å². The molecule has 11 nitrogen and oxygen atoms in total. The fourth-order valence-electron chi connectivity index (χ4n) is 5.72. The predicted molar refractivity (Wildman–Crippen MR) is 175 cm³/mol. The minimum Gasteiger partial charge on any atom is -0.497 e. The Bertz CT molecular complexity index is 1830. The van der Waals surface area contributed by atoms with Gasteiger partial charge in [0.1, 0.15) is 34.3 Å². The number of fused-ring (bicyclic) bond motifs is 1. The van der Waals surface area contributed by atoms with Crippen molar-refractivity contribution < 1.29 is 23.7 Å². The smallest absolute Gasteiger partial charge is 0.274 e. The largest absolute Gasteiger partial charge is 0.497 e. The maximum Gasteiger partial charge on any atom is 0.274 e. The van der Waals surface area contributed by atoms with Crippen LogP contribution in [0.2, 0.25) is 0 Å². The number of benzene rings is 2. The monoisotopic (exact) mass is 622 g/mol. The van der Waals surface area contributed by atoms with E-state index < -0.39 is 0 Å². The lowest BCUT2D eigenvalue weighted by Crippen LogP contribution is -2.24. The second kappa shape index (κ2) is 13.9. The summed E-state index contributed by atoms with van der Waals surface area (Å²) in [7, 11) is 4.81. The van der Waals surface area contributed by atoms with Crippen molar-refractivity contribution >= 4 is 17.2 Å². The zero-order chi connectivity index (χ0) is 32.0. The highest BCUT2D eigenvalue weighted by molar-refractivity contribution is 5.95. The van der Waals surface area contributed by atoms with Gasteiger partial charge in [0.05, 0.1) is 27.9 Å². The van der Waals surface area contributed by atoms with Crippen LogP contribution in [0.4, 0.5) is 5.82 Å². The van der Waals surface area contributed by atoms with Gasteiger partial charge in [0, 0.05) is 60.9 Å². The molecule has 46 heavy (non-hydrogen) atoms. The molecule has 3 aromatic heterocycles. The molecule has 11 heteroatoms. The maximum atomic E-state index is 12.9. The number of nitrogens with zero attached hydrogens (tertiary/aromatic N) is 4. The number of hydrogen-bond acceptors (Lipinski definition) is 9. The number of hydrogen-bond donors (Lipinski definition) is 2. The molecule has 5 aromatic rings. The molecule has 0 bridgehead atoms. The summed E-state index contributed by atoms with van der Waals surface area (Å²) in [6.07, 6.45) is 5.76. The van der Waals surface area contributed by atoms with Gasteiger partial charge in [-0.05, 0) is 49.6 Å². The quantitative estimate of drug-likeness (QED) is 0.195. The molecule has 1 aliphatic heterocycles. The van der Waals surface area contributed by atoms with E-state index in [0.29, 0.717) is 31.3 Å². The van der Waals surface area contributed by atoms with Crippen molar-refractivity contribution in [1.29, 1.82) is 0 Å². The summed E-state index contributed by atoms with van der Waals surface area (Å²) in [5, 5.41) is 6.49. The number of ether oxygens (including phenoxy) is 4. The Morgan fingerprint density at radius 3 is 2.54 bits per heavy atom. The minimum absolute atomic E-state index is 0.175. The molecule has 238 valence electrons. The third-order valence-corrected chi connectivity index (χ3v) is 8.16. The van der Waals surface area contributed by atoms with Gasteiger partial charge < -0.3 is 29.6 Å². The molecule has 0 saturated carbocycles. The summed E-state index contributed by atoms with van der Waals surface area (Å²) in [4.78, 5) is 27.2. The Hall–Kier alpha value is -5.16. The number of carbonyl (C=O) groups excluding carboxylic acids is 1. The summed E-state index contributed by atoms with van der Waals surface area (Å²) in [6.45, 7) is 4.07. The van der Waals surface area contributed by atoms with Gasteiger partial charge in [-0.3, -0.25) is 9.20 Å².